The predicted octanol–water partition coefficient (Wildman–Crippen LogP) is 4.47. The third-order valence-electron chi connectivity index (χ3n) is 5.89. The van der Waals surface area contributed by atoms with E-state index in [-0.39, 0.29) is 24.6 Å². The van der Waals surface area contributed by atoms with Crippen LogP contribution >= 0.6 is 0 Å². The Bertz CT molecular complexity index is 1350. The average Bonchev–Trinajstić information content (AvgIpc) is 3.49. The standard InChI is InChI=1S/C26H21FN2O5/c1-32-26(31)22-14-18(33-23-10-6-5-9-20(23)27)15-29(22)25(30)17-11-12-21-19(13-17)24(34-28-21)16-7-3-2-4-8-16/h2-13,18,22H,14-15H2,1H3. The first kappa shape index (κ1) is 21.6. The van der Waals surface area contributed by atoms with Crippen molar-refractivity contribution in [2.75, 3.05) is 13.7 Å². The second-order valence-corrected chi connectivity index (χ2v) is 8.01. The lowest BCUT2D eigenvalue weighted by atomic mass is 10.1. The van der Waals surface area contributed by atoms with Crippen LogP contribution in [0.1, 0.15) is 16.8 Å². The van der Waals surface area contributed by atoms with Crippen molar-refractivity contribution < 1.29 is 28.0 Å². The molecule has 0 spiro atoms. The molecule has 1 amide bonds. The molecule has 4 aromatic rings. The Morgan fingerprint density at radius 1 is 1.06 bits per heavy atom. The van der Waals surface area contributed by atoms with E-state index in [1.54, 1.807) is 30.3 Å². The molecule has 0 aliphatic carbocycles. The van der Waals surface area contributed by atoms with Gasteiger partial charge in [0.25, 0.3) is 5.91 Å². The number of aromatic nitrogens is 1. The van der Waals surface area contributed by atoms with E-state index in [2.05, 4.69) is 5.16 Å². The fourth-order valence-electron chi connectivity index (χ4n) is 4.22. The molecule has 2 unspecified atom stereocenters. The van der Waals surface area contributed by atoms with E-state index < -0.39 is 23.9 Å². The summed E-state index contributed by atoms with van der Waals surface area (Å²) in [5, 5.41) is 4.77. The van der Waals surface area contributed by atoms with Crippen LogP contribution in [0.3, 0.4) is 0 Å². The fourth-order valence-corrected chi connectivity index (χ4v) is 4.22. The minimum atomic E-state index is -0.846. The number of likely N-dealkylation sites (tertiary alicyclic amines) is 1. The number of benzene rings is 3. The normalized spacial score (nSPS) is 17.6. The predicted molar refractivity (Wildman–Crippen MR) is 122 cm³/mol. The van der Waals surface area contributed by atoms with Gasteiger partial charge < -0.3 is 18.9 Å². The molecular formula is C26H21FN2O5. The van der Waals surface area contributed by atoms with Crippen molar-refractivity contribution in [3.63, 3.8) is 0 Å². The fraction of sp³-hybridized carbons (Fsp3) is 0.192. The van der Waals surface area contributed by atoms with Gasteiger partial charge in [0, 0.05) is 17.5 Å². The van der Waals surface area contributed by atoms with E-state index in [4.69, 9.17) is 14.0 Å². The van der Waals surface area contributed by atoms with Gasteiger partial charge in [-0.2, -0.15) is 0 Å². The second kappa shape index (κ2) is 8.97. The minimum Gasteiger partial charge on any atom is -0.485 e. The molecule has 0 radical (unpaired) electrons. The van der Waals surface area contributed by atoms with Gasteiger partial charge in [0.15, 0.2) is 17.3 Å². The molecule has 1 fully saturated rings. The van der Waals surface area contributed by atoms with Crippen molar-refractivity contribution in [3.8, 4) is 17.1 Å². The molecule has 1 aromatic heterocycles. The third kappa shape index (κ3) is 3.98. The Kier molecular flexibility index (Phi) is 5.71. The summed E-state index contributed by atoms with van der Waals surface area (Å²) in [6.07, 6.45) is -0.374. The molecule has 1 aliphatic rings. The van der Waals surface area contributed by atoms with Crippen LogP contribution in [0.4, 0.5) is 4.39 Å². The zero-order chi connectivity index (χ0) is 23.7. The molecule has 172 valence electrons. The maximum absolute atomic E-state index is 14.1. The lowest BCUT2D eigenvalue weighted by Crippen LogP contribution is -2.41. The Labute approximate surface area is 194 Å². The third-order valence-corrected chi connectivity index (χ3v) is 5.89. The molecule has 2 heterocycles. The van der Waals surface area contributed by atoms with E-state index in [1.165, 1.54) is 24.1 Å². The molecule has 7 nitrogen and oxygen atoms in total. The van der Waals surface area contributed by atoms with Crippen LogP contribution in [0.15, 0.2) is 77.3 Å². The van der Waals surface area contributed by atoms with Crippen molar-refractivity contribution in [2.45, 2.75) is 18.6 Å². The number of carbonyl (C=O) groups excluding carboxylic acids is 2. The number of rotatable bonds is 5. The number of amides is 1. The minimum absolute atomic E-state index is 0.0730. The summed E-state index contributed by atoms with van der Waals surface area (Å²) in [7, 11) is 1.27. The molecular weight excluding hydrogens is 439 g/mol. The van der Waals surface area contributed by atoms with E-state index in [9.17, 15) is 14.0 Å². The summed E-state index contributed by atoms with van der Waals surface area (Å²) in [6, 6.07) is 19.7. The van der Waals surface area contributed by atoms with Gasteiger partial charge in [-0.3, -0.25) is 4.79 Å². The zero-order valence-electron chi connectivity index (χ0n) is 18.3. The van der Waals surface area contributed by atoms with Crippen LogP contribution < -0.4 is 4.74 Å². The smallest absolute Gasteiger partial charge is 0.328 e. The van der Waals surface area contributed by atoms with Crippen LogP contribution in [0.25, 0.3) is 22.2 Å². The molecule has 0 bridgehead atoms. The molecule has 8 heteroatoms. The highest BCUT2D eigenvalue weighted by Crippen LogP contribution is 2.31. The number of hydrogen-bond acceptors (Lipinski definition) is 6. The van der Waals surface area contributed by atoms with Crippen LogP contribution in [0, 0.1) is 5.82 Å². The van der Waals surface area contributed by atoms with Crippen molar-refractivity contribution in [1.29, 1.82) is 0 Å². The maximum Gasteiger partial charge on any atom is 0.328 e. The molecule has 0 N–H and O–H groups in total. The van der Waals surface area contributed by atoms with E-state index >= 15 is 0 Å². The maximum atomic E-state index is 14.1. The van der Waals surface area contributed by atoms with Gasteiger partial charge in [-0.25, -0.2) is 9.18 Å². The molecule has 1 saturated heterocycles. The van der Waals surface area contributed by atoms with Gasteiger partial charge in [0.2, 0.25) is 0 Å². The molecule has 5 rings (SSSR count). The highest BCUT2D eigenvalue weighted by Gasteiger charge is 2.42. The monoisotopic (exact) mass is 460 g/mol. The molecule has 3 aromatic carbocycles. The number of ether oxygens (including phenoxy) is 2. The first-order valence-electron chi connectivity index (χ1n) is 10.8. The largest absolute Gasteiger partial charge is 0.485 e. The molecule has 34 heavy (non-hydrogen) atoms. The summed E-state index contributed by atoms with van der Waals surface area (Å²) >= 11 is 0. The van der Waals surface area contributed by atoms with Crippen LogP contribution in [0.2, 0.25) is 0 Å². The number of esters is 1. The number of hydrogen-bond donors (Lipinski definition) is 0. The van der Waals surface area contributed by atoms with Crippen molar-refractivity contribution >= 4 is 22.8 Å². The van der Waals surface area contributed by atoms with Gasteiger partial charge in [-0.05, 0) is 30.3 Å². The molecule has 0 saturated carbocycles. The summed E-state index contributed by atoms with van der Waals surface area (Å²) in [4.78, 5) is 27.4. The summed E-state index contributed by atoms with van der Waals surface area (Å²) in [5.74, 6) is -0.796. The zero-order valence-corrected chi connectivity index (χ0v) is 18.3. The van der Waals surface area contributed by atoms with Gasteiger partial charge in [0.05, 0.1) is 19.0 Å². The van der Waals surface area contributed by atoms with Crippen molar-refractivity contribution in [3.05, 3.63) is 84.2 Å². The number of para-hydroxylation sites is 1. The number of halogens is 1. The number of methoxy groups -OCH3 is 1. The lowest BCUT2D eigenvalue weighted by Gasteiger charge is -2.22. The quantitative estimate of drug-likeness (QED) is 0.409. The number of nitrogens with zero attached hydrogens (tertiary/aromatic N) is 2. The first-order valence-corrected chi connectivity index (χ1v) is 10.8. The number of carbonyl (C=O) groups is 2. The Morgan fingerprint density at radius 3 is 2.59 bits per heavy atom. The van der Waals surface area contributed by atoms with Crippen molar-refractivity contribution in [2.24, 2.45) is 0 Å². The first-order chi connectivity index (χ1) is 16.5. The number of fused-ring (bicyclic) bond motifs is 1. The SMILES string of the molecule is COC(=O)C1CC(Oc2ccccc2F)CN1C(=O)c1ccc2noc(-c3ccccc3)c2c1. The summed E-state index contributed by atoms with van der Waals surface area (Å²) < 4.78 is 30.3. The molecule has 2 atom stereocenters. The second-order valence-electron chi connectivity index (χ2n) is 8.01. The van der Waals surface area contributed by atoms with E-state index in [0.717, 1.165) is 5.56 Å². The van der Waals surface area contributed by atoms with Crippen LogP contribution in [-0.4, -0.2) is 47.7 Å². The van der Waals surface area contributed by atoms with Gasteiger partial charge >= 0.3 is 5.97 Å². The lowest BCUT2D eigenvalue weighted by molar-refractivity contribution is -0.145. The highest BCUT2D eigenvalue weighted by molar-refractivity contribution is 6.02. The van der Waals surface area contributed by atoms with Crippen molar-refractivity contribution in [1.82, 2.24) is 10.1 Å². The summed E-state index contributed by atoms with van der Waals surface area (Å²) in [5.41, 5.74) is 1.82. The van der Waals surface area contributed by atoms with Crippen LogP contribution in [-0.2, 0) is 9.53 Å². The summed E-state index contributed by atoms with van der Waals surface area (Å²) in [6.45, 7) is 0.111. The average molecular weight is 460 g/mol. The van der Waals surface area contributed by atoms with Crippen LogP contribution in [0.5, 0.6) is 5.75 Å². The Hall–Kier alpha value is -4.20. The topological polar surface area (TPSA) is 81.9 Å². The van der Waals surface area contributed by atoms with Gasteiger partial charge in [-0.15, -0.1) is 0 Å². The van der Waals surface area contributed by atoms with E-state index in [0.29, 0.717) is 22.2 Å². The van der Waals surface area contributed by atoms with Gasteiger partial charge in [0.1, 0.15) is 17.7 Å². The Morgan fingerprint density at radius 2 is 1.82 bits per heavy atom. The van der Waals surface area contributed by atoms with E-state index in [1.807, 2.05) is 30.3 Å². The van der Waals surface area contributed by atoms with Gasteiger partial charge in [-0.1, -0.05) is 47.6 Å². The molecule has 1 aliphatic heterocycles. The highest BCUT2D eigenvalue weighted by atomic mass is 19.1. The Balaban J connectivity index is 1.45.